The highest BCUT2D eigenvalue weighted by Gasteiger charge is 2.03. The van der Waals surface area contributed by atoms with E-state index in [4.69, 9.17) is 16.0 Å². The molecule has 0 bridgehead atoms. The Morgan fingerprint density at radius 1 is 1.22 bits per heavy atom. The maximum atomic E-state index is 6.02. The van der Waals surface area contributed by atoms with Crippen molar-refractivity contribution in [2.75, 3.05) is 5.32 Å². The molecule has 2 aromatic heterocycles. The Bertz CT molecular complexity index is 665. The monoisotopic (exact) mass is 258 g/mol. The molecule has 0 aliphatic carbocycles. The maximum absolute atomic E-state index is 6.02. The first-order valence-corrected chi connectivity index (χ1v) is 6.01. The van der Waals surface area contributed by atoms with Crippen molar-refractivity contribution in [3.63, 3.8) is 0 Å². The molecule has 90 valence electrons. The van der Waals surface area contributed by atoms with E-state index in [-0.39, 0.29) is 0 Å². The molecular formula is C14H11ClN2O. The molecule has 18 heavy (non-hydrogen) atoms. The summed E-state index contributed by atoms with van der Waals surface area (Å²) in [5.41, 5.74) is 1.92. The highest BCUT2D eigenvalue weighted by Crippen LogP contribution is 2.25. The molecule has 3 nitrogen and oxygen atoms in total. The largest absolute Gasteiger partial charge is 0.467 e. The molecular weight excluding hydrogens is 248 g/mol. The third-order valence-corrected chi connectivity index (χ3v) is 2.97. The predicted molar refractivity (Wildman–Crippen MR) is 72.8 cm³/mol. The first-order chi connectivity index (χ1) is 8.83. The van der Waals surface area contributed by atoms with E-state index in [2.05, 4.69) is 10.3 Å². The normalized spacial score (nSPS) is 10.7. The van der Waals surface area contributed by atoms with E-state index in [1.807, 2.05) is 36.4 Å². The number of hydrogen-bond acceptors (Lipinski definition) is 3. The van der Waals surface area contributed by atoms with Gasteiger partial charge >= 0.3 is 0 Å². The molecule has 2 heterocycles. The van der Waals surface area contributed by atoms with Crippen molar-refractivity contribution in [2.24, 2.45) is 0 Å². The van der Waals surface area contributed by atoms with Crippen LogP contribution in [0.4, 0.5) is 5.69 Å². The number of pyridine rings is 1. The molecule has 0 radical (unpaired) electrons. The third-order valence-electron chi connectivity index (χ3n) is 2.74. The van der Waals surface area contributed by atoms with Gasteiger partial charge in [0.05, 0.1) is 18.3 Å². The van der Waals surface area contributed by atoms with Crippen molar-refractivity contribution in [1.29, 1.82) is 0 Å². The van der Waals surface area contributed by atoms with Crippen molar-refractivity contribution < 1.29 is 4.42 Å². The first-order valence-electron chi connectivity index (χ1n) is 5.63. The fourth-order valence-electron chi connectivity index (χ4n) is 1.87. The Morgan fingerprint density at radius 3 is 3.00 bits per heavy atom. The van der Waals surface area contributed by atoms with Crippen LogP contribution in [0, 0.1) is 0 Å². The second kappa shape index (κ2) is 4.70. The van der Waals surface area contributed by atoms with Crippen LogP contribution < -0.4 is 5.32 Å². The van der Waals surface area contributed by atoms with E-state index in [0.717, 1.165) is 22.4 Å². The van der Waals surface area contributed by atoms with Crippen LogP contribution in [-0.2, 0) is 6.54 Å². The molecule has 0 aliphatic heterocycles. The van der Waals surface area contributed by atoms with Gasteiger partial charge in [-0.25, -0.2) is 0 Å². The molecule has 4 heteroatoms. The molecule has 0 saturated carbocycles. The summed E-state index contributed by atoms with van der Waals surface area (Å²) in [6.45, 7) is 0.638. The van der Waals surface area contributed by atoms with Gasteiger partial charge in [0.2, 0.25) is 0 Å². The van der Waals surface area contributed by atoms with Crippen molar-refractivity contribution in [1.82, 2.24) is 4.98 Å². The SMILES string of the molecule is Clc1ccc2nccc(NCc3ccco3)c2c1. The number of rotatable bonds is 3. The van der Waals surface area contributed by atoms with E-state index in [0.29, 0.717) is 11.6 Å². The van der Waals surface area contributed by atoms with Gasteiger partial charge in [-0.15, -0.1) is 0 Å². The van der Waals surface area contributed by atoms with E-state index < -0.39 is 0 Å². The molecule has 0 aliphatic rings. The van der Waals surface area contributed by atoms with Crippen LogP contribution >= 0.6 is 11.6 Å². The Morgan fingerprint density at radius 2 is 2.17 bits per heavy atom. The van der Waals surface area contributed by atoms with Gasteiger partial charge < -0.3 is 9.73 Å². The number of halogens is 1. The van der Waals surface area contributed by atoms with Gasteiger partial charge in [-0.05, 0) is 36.4 Å². The predicted octanol–water partition coefficient (Wildman–Crippen LogP) is 4.09. The Labute approximate surface area is 109 Å². The summed E-state index contributed by atoms with van der Waals surface area (Å²) in [4.78, 5) is 4.31. The number of hydrogen-bond donors (Lipinski definition) is 1. The highest BCUT2D eigenvalue weighted by molar-refractivity contribution is 6.31. The average Bonchev–Trinajstić information content (AvgIpc) is 2.89. The summed E-state index contributed by atoms with van der Waals surface area (Å²) in [7, 11) is 0. The molecule has 1 N–H and O–H groups in total. The van der Waals surface area contributed by atoms with Gasteiger partial charge in [-0.1, -0.05) is 11.6 Å². The van der Waals surface area contributed by atoms with Gasteiger partial charge in [0.1, 0.15) is 5.76 Å². The fraction of sp³-hybridized carbons (Fsp3) is 0.0714. The fourth-order valence-corrected chi connectivity index (χ4v) is 2.04. The van der Waals surface area contributed by atoms with Gasteiger partial charge in [-0.3, -0.25) is 4.98 Å². The van der Waals surface area contributed by atoms with Gasteiger partial charge in [0, 0.05) is 22.3 Å². The third kappa shape index (κ3) is 2.17. The second-order valence-electron chi connectivity index (χ2n) is 3.95. The zero-order valence-electron chi connectivity index (χ0n) is 9.56. The number of fused-ring (bicyclic) bond motifs is 1. The first kappa shape index (κ1) is 11.1. The van der Waals surface area contributed by atoms with Gasteiger partial charge in [0.25, 0.3) is 0 Å². The zero-order chi connectivity index (χ0) is 12.4. The number of furan rings is 1. The highest BCUT2D eigenvalue weighted by atomic mass is 35.5. The molecule has 0 saturated heterocycles. The van der Waals surface area contributed by atoms with Crippen LogP contribution in [0.3, 0.4) is 0 Å². The molecule has 1 aromatic carbocycles. The van der Waals surface area contributed by atoms with Gasteiger partial charge in [-0.2, -0.15) is 0 Å². The summed E-state index contributed by atoms with van der Waals surface area (Å²) < 4.78 is 5.29. The number of nitrogens with zero attached hydrogens (tertiary/aromatic N) is 1. The minimum absolute atomic E-state index is 0.638. The van der Waals surface area contributed by atoms with Crippen LogP contribution in [0.15, 0.2) is 53.3 Å². The molecule has 0 unspecified atom stereocenters. The lowest BCUT2D eigenvalue weighted by Gasteiger charge is -2.08. The Balaban J connectivity index is 1.93. The van der Waals surface area contributed by atoms with Crippen molar-refractivity contribution in [2.45, 2.75) is 6.54 Å². The summed E-state index contributed by atoms with van der Waals surface area (Å²) in [5, 5.41) is 5.04. The lowest BCUT2D eigenvalue weighted by atomic mass is 10.2. The smallest absolute Gasteiger partial charge is 0.122 e. The Kier molecular flexibility index (Phi) is 2.90. The average molecular weight is 259 g/mol. The molecule has 0 spiro atoms. The molecule has 0 atom stereocenters. The number of nitrogens with one attached hydrogen (secondary N) is 1. The second-order valence-corrected chi connectivity index (χ2v) is 4.39. The van der Waals surface area contributed by atoms with Crippen molar-refractivity contribution in [3.8, 4) is 0 Å². The zero-order valence-corrected chi connectivity index (χ0v) is 10.3. The van der Waals surface area contributed by atoms with E-state index in [9.17, 15) is 0 Å². The van der Waals surface area contributed by atoms with Crippen LogP contribution in [0.5, 0.6) is 0 Å². The summed E-state index contributed by atoms with van der Waals surface area (Å²) in [5.74, 6) is 0.891. The number of anilines is 1. The van der Waals surface area contributed by atoms with Crippen LogP contribution in [0.1, 0.15) is 5.76 Å². The van der Waals surface area contributed by atoms with E-state index in [1.54, 1.807) is 12.5 Å². The van der Waals surface area contributed by atoms with Crippen molar-refractivity contribution in [3.05, 3.63) is 59.6 Å². The minimum Gasteiger partial charge on any atom is -0.467 e. The summed E-state index contributed by atoms with van der Waals surface area (Å²) in [6.07, 6.45) is 3.44. The van der Waals surface area contributed by atoms with E-state index in [1.165, 1.54) is 0 Å². The molecule has 0 fully saturated rings. The lowest BCUT2D eigenvalue weighted by Crippen LogP contribution is -1.99. The quantitative estimate of drug-likeness (QED) is 0.769. The molecule has 3 rings (SSSR count). The standard InChI is InChI=1S/C14H11ClN2O/c15-10-3-4-13-12(8-10)14(5-6-16-13)17-9-11-2-1-7-18-11/h1-8H,9H2,(H,16,17). The summed E-state index contributed by atoms with van der Waals surface area (Å²) in [6, 6.07) is 11.4. The maximum Gasteiger partial charge on any atom is 0.122 e. The minimum atomic E-state index is 0.638. The lowest BCUT2D eigenvalue weighted by molar-refractivity contribution is 0.518. The van der Waals surface area contributed by atoms with Crippen LogP contribution in [0.2, 0.25) is 5.02 Å². The number of aromatic nitrogens is 1. The molecule has 0 amide bonds. The Hall–Kier alpha value is -2.00. The number of benzene rings is 1. The van der Waals surface area contributed by atoms with Crippen LogP contribution in [-0.4, -0.2) is 4.98 Å². The molecule has 3 aromatic rings. The van der Waals surface area contributed by atoms with Crippen molar-refractivity contribution >= 4 is 28.2 Å². The van der Waals surface area contributed by atoms with Gasteiger partial charge in [0.15, 0.2) is 0 Å². The van der Waals surface area contributed by atoms with Crippen LogP contribution in [0.25, 0.3) is 10.9 Å². The topological polar surface area (TPSA) is 38.1 Å². The summed E-state index contributed by atoms with van der Waals surface area (Å²) >= 11 is 6.02. The van der Waals surface area contributed by atoms with E-state index >= 15 is 0 Å².